The van der Waals surface area contributed by atoms with Crippen molar-refractivity contribution in [3.63, 3.8) is 0 Å². The number of aromatic nitrogens is 2. The van der Waals surface area contributed by atoms with Crippen LogP contribution in [0.25, 0.3) is 11.0 Å². The molecular formula is C12H14ClN3O2. The first kappa shape index (κ1) is 12.7. The second-order valence-electron chi connectivity index (χ2n) is 3.85. The average molecular weight is 268 g/mol. The molecule has 0 bridgehead atoms. The van der Waals surface area contributed by atoms with Crippen molar-refractivity contribution in [3.8, 4) is 5.75 Å². The maximum absolute atomic E-state index is 11.1. The van der Waals surface area contributed by atoms with Gasteiger partial charge in [-0.05, 0) is 12.1 Å². The molecular weight excluding hydrogens is 254 g/mol. The summed E-state index contributed by atoms with van der Waals surface area (Å²) in [4.78, 5) is 15.6. The zero-order valence-corrected chi connectivity index (χ0v) is 10.8. The molecule has 1 heterocycles. The van der Waals surface area contributed by atoms with Crippen LogP contribution in [-0.4, -0.2) is 28.4 Å². The van der Waals surface area contributed by atoms with Crippen LogP contribution >= 0.6 is 11.6 Å². The summed E-state index contributed by atoms with van der Waals surface area (Å²) in [5.41, 5.74) is 6.81. The Bertz CT molecular complexity index is 580. The van der Waals surface area contributed by atoms with Crippen LogP contribution in [0, 0.1) is 0 Å². The number of benzene rings is 1. The standard InChI is InChI=1S/C12H14ClN3O2/c1-18-9-4-2-3-8-12(9)15-11(5-6-13)16(8)7-10(14)17/h2-4H,5-7H2,1H3,(H2,14,17). The summed E-state index contributed by atoms with van der Waals surface area (Å²) < 4.78 is 7.03. The van der Waals surface area contributed by atoms with E-state index in [9.17, 15) is 4.79 Å². The maximum atomic E-state index is 11.1. The fourth-order valence-electron chi connectivity index (χ4n) is 1.94. The summed E-state index contributed by atoms with van der Waals surface area (Å²) in [5, 5.41) is 0. The van der Waals surface area contributed by atoms with E-state index in [0.29, 0.717) is 18.1 Å². The van der Waals surface area contributed by atoms with Crippen molar-refractivity contribution < 1.29 is 9.53 Å². The molecule has 0 atom stereocenters. The Morgan fingerprint density at radius 2 is 2.33 bits per heavy atom. The van der Waals surface area contributed by atoms with Crippen LogP contribution in [0.5, 0.6) is 5.75 Å². The van der Waals surface area contributed by atoms with Crippen LogP contribution in [0.2, 0.25) is 0 Å². The van der Waals surface area contributed by atoms with E-state index < -0.39 is 5.91 Å². The monoisotopic (exact) mass is 267 g/mol. The van der Waals surface area contributed by atoms with Crippen molar-refractivity contribution >= 4 is 28.5 Å². The molecule has 1 amide bonds. The number of hydrogen-bond donors (Lipinski definition) is 1. The van der Waals surface area contributed by atoms with Crippen LogP contribution in [0.4, 0.5) is 0 Å². The van der Waals surface area contributed by atoms with Gasteiger partial charge in [0.05, 0.1) is 12.6 Å². The van der Waals surface area contributed by atoms with Gasteiger partial charge in [-0.1, -0.05) is 6.07 Å². The van der Waals surface area contributed by atoms with Gasteiger partial charge >= 0.3 is 0 Å². The second-order valence-corrected chi connectivity index (χ2v) is 4.23. The van der Waals surface area contributed by atoms with Crippen LogP contribution in [0.15, 0.2) is 18.2 Å². The van der Waals surface area contributed by atoms with Gasteiger partial charge in [0, 0.05) is 12.3 Å². The van der Waals surface area contributed by atoms with Crippen molar-refractivity contribution in [2.24, 2.45) is 5.73 Å². The van der Waals surface area contributed by atoms with Crippen molar-refractivity contribution in [2.75, 3.05) is 13.0 Å². The number of para-hydroxylation sites is 1. The molecule has 96 valence electrons. The molecule has 0 saturated heterocycles. The molecule has 0 saturated carbocycles. The van der Waals surface area contributed by atoms with Crippen molar-refractivity contribution in [2.45, 2.75) is 13.0 Å². The zero-order chi connectivity index (χ0) is 13.1. The number of amides is 1. The number of rotatable bonds is 5. The average Bonchev–Trinajstić information content (AvgIpc) is 2.67. The number of nitrogens with two attached hydrogens (primary N) is 1. The summed E-state index contributed by atoms with van der Waals surface area (Å²) in [7, 11) is 1.59. The Balaban J connectivity index is 2.62. The third kappa shape index (κ3) is 2.26. The number of primary amides is 1. The molecule has 0 fully saturated rings. The fraction of sp³-hybridized carbons (Fsp3) is 0.333. The summed E-state index contributed by atoms with van der Waals surface area (Å²) in [6.45, 7) is 0.0931. The number of carbonyl (C=O) groups excluding carboxylic acids is 1. The first-order chi connectivity index (χ1) is 8.67. The molecule has 0 spiro atoms. The van der Waals surface area contributed by atoms with Gasteiger partial charge in [0.25, 0.3) is 0 Å². The molecule has 2 rings (SSSR count). The summed E-state index contributed by atoms with van der Waals surface area (Å²) in [6, 6.07) is 5.56. The van der Waals surface area contributed by atoms with Gasteiger partial charge in [-0.15, -0.1) is 11.6 Å². The van der Waals surface area contributed by atoms with Gasteiger partial charge in [-0.25, -0.2) is 4.98 Å². The number of ether oxygens (including phenoxy) is 1. The molecule has 0 aliphatic heterocycles. The van der Waals surface area contributed by atoms with Crippen LogP contribution in [-0.2, 0) is 17.8 Å². The predicted octanol–water partition coefficient (Wildman–Crippen LogP) is 1.31. The maximum Gasteiger partial charge on any atom is 0.237 e. The summed E-state index contributed by atoms with van der Waals surface area (Å²) in [6.07, 6.45) is 0.576. The van der Waals surface area contributed by atoms with E-state index in [1.807, 2.05) is 18.2 Å². The van der Waals surface area contributed by atoms with Crippen molar-refractivity contribution in [1.82, 2.24) is 9.55 Å². The van der Waals surface area contributed by atoms with Gasteiger partial charge in [-0.2, -0.15) is 0 Å². The highest BCUT2D eigenvalue weighted by Crippen LogP contribution is 2.26. The lowest BCUT2D eigenvalue weighted by molar-refractivity contribution is -0.118. The second kappa shape index (κ2) is 5.27. The number of imidazole rings is 1. The van der Waals surface area contributed by atoms with Crippen LogP contribution in [0.1, 0.15) is 5.82 Å². The molecule has 0 unspecified atom stereocenters. The molecule has 18 heavy (non-hydrogen) atoms. The molecule has 1 aromatic heterocycles. The van der Waals surface area contributed by atoms with E-state index in [1.165, 1.54) is 0 Å². The summed E-state index contributed by atoms with van der Waals surface area (Å²) >= 11 is 5.75. The lowest BCUT2D eigenvalue weighted by Crippen LogP contribution is -2.20. The minimum atomic E-state index is -0.409. The van der Waals surface area contributed by atoms with Gasteiger partial charge < -0.3 is 15.0 Å². The Kier molecular flexibility index (Phi) is 3.72. The van der Waals surface area contributed by atoms with Crippen molar-refractivity contribution in [1.29, 1.82) is 0 Å². The van der Waals surface area contributed by atoms with E-state index >= 15 is 0 Å². The molecule has 1 aromatic carbocycles. The smallest absolute Gasteiger partial charge is 0.237 e. The molecule has 6 heteroatoms. The van der Waals surface area contributed by atoms with E-state index in [0.717, 1.165) is 16.9 Å². The predicted molar refractivity (Wildman–Crippen MR) is 69.9 cm³/mol. The highest BCUT2D eigenvalue weighted by atomic mass is 35.5. The molecule has 5 nitrogen and oxygen atoms in total. The quantitative estimate of drug-likeness (QED) is 0.831. The SMILES string of the molecule is COc1cccc2c1nc(CCCl)n2CC(N)=O. The Labute approximate surface area is 109 Å². The minimum absolute atomic E-state index is 0.0931. The van der Waals surface area contributed by atoms with Gasteiger partial charge in [0.15, 0.2) is 0 Å². The fourth-order valence-corrected chi connectivity index (χ4v) is 2.11. The number of hydrogen-bond acceptors (Lipinski definition) is 3. The topological polar surface area (TPSA) is 70.1 Å². The molecule has 0 aliphatic carbocycles. The highest BCUT2D eigenvalue weighted by Gasteiger charge is 2.14. The molecule has 0 aliphatic rings. The number of aryl methyl sites for hydroxylation is 1. The van der Waals surface area contributed by atoms with Gasteiger partial charge in [0.2, 0.25) is 5.91 Å². The Morgan fingerprint density at radius 3 is 2.94 bits per heavy atom. The number of alkyl halides is 1. The number of carbonyl (C=O) groups is 1. The van der Waals surface area contributed by atoms with E-state index in [-0.39, 0.29) is 6.54 Å². The first-order valence-corrected chi connectivity index (χ1v) is 6.07. The zero-order valence-electron chi connectivity index (χ0n) is 10.0. The van der Waals surface area contributed by atoms with E-state index in [2.05, 4.69) is 4.98 Å². The first-order valence-electron chi connectivity index (χ1n) is 5.53. The van der Waals surface area contributed by atoms with Gasteiger partial charge in [-0.3, -0.25) is 4.79 Å². The number of methoxy groups -OCH3 is 1. The highest BCUT2D eigenvalue weighted by molar-refractivity contribution is 6.17. The van der Waals surface area contributed by atoms with Crippen molar-refractivity contribution in [3.05, 3.63) is 24.0 Å². The van der Waals surface area contributed by atoms with Crippen LogP contribution < -0.4 is 10.5 Å². The van der Waals surface area contributed by atoms with Gasteiger partial charge in [0.1, 0.15) is 23.6 Å². The third-order valence-corrected chi connectivity index (χ3v) is 2.86. The third-order valence-electron chi connectivity index (χ3n) is 2.67. The van der Waals surface area contributed by atoms with E-state index in [1.54, 1.807) is 11.7 Å². The lowest BCUT2D eigenvalue weighted by Gasteiger charge is -2.05. The van der Waals surface area contributed by atoms with E-state index in [4.69, 9.17) is 22.1 Å². The number of nitrogens with zero attached hydrogens (tertiary/aromatic N) is 2. The lowest BCUT2D eigenvalue weighted by atomic mass is 10.3. The molecule has 0 radical (unpaired) electrons. The van der Waals surface area contributed by atoms with Crippen LogP contribution in [0.3, 0.4) is 0 Å². The molecule has 2 N–H and O–H groups in total. The number of halogens is 1. The molecule has 2 aromatic rings. The Morgan fingerprint density at radius 1 is 1.56 bits per heavy atom. The Hall–Kier alpha value is -1.75. The number of fused-ring (bicyclic) bond motifs is 1. The normalized spacial score (nSPS) is 10.8. The largest absolute Gasteiger partial charge is 0.494 e. The summed E-state index contributed by atoms with van der Waals surface area (Å²) in [5.74, 6) is 1.44. The minimum Gasteiger partial charge on any atom is -0.494 e.